The van der Waals surface area contributed by atoms with Crippen LogP contribution in [0, 0.1) is 27.7 Å². The van der Waals surface area contributed by atoms with Gasteiger partial charge in [-0.15, -0.1) is 0 Å². The molecule has 3 atom stereocenters. The molecule has 15 heteroatoms. The normalized spacial score (nSPS) is 25.6. The van der Waals surface area contributed by atoms with Gasteiger partial charge in [-0.3, -0.25) is 14.9 Å². The summed E-state index contributed by atoms with van der Waals surface area (Å²) in [4.78, 5) is 58.3. The number of nitro benzene ring substituents is 1. The first-order chi connectivity index (χ1) is 19.3. The summed E-state index contributed by atoms with van der Waals surface area (Å²) in [5, 5.41) is 11.2. The maximum atomic E-state index is 15.5. The van der Waals surface area contributed by atoms with Crippen LogP contribution in [0.25, 0.3) is 0 Å². The van der Waals surface area contributed by atoms with Crippen molar-refractivity contribution in [3.63, 3.8) is 0 Å². The molecule has 4 rings (SSSR count). The van der Waals surface area contributed by atoms with Gasteiger partial charge in [-0.2, -0.15) is 4.90 Å². The lowest BCUT2D eigenvalue weighted by Crippen LogP contribution is -2.53. The average molecular weight is 613 g/mol. The van der Waals surface area contributed by atoms with Crippen molar-refractivity contribution >= 4 is 40.7 Å². The molecule has 0 aromatic heterocycles. The lowest BCUT2D eigenvalue weighted by molar-refractivity contribution is -0.385. The number of aliphatic imine (C=N–C) groups is 1. The van der Waals surface area contributed by atoms with Gasteiger partial charge in [0.1, 0.15) is 15.9 Å². The number of carbonyl (C=O) groups excluding carboxylic acids is 3. The molecular weight excluding hydrogens is 578 g/mol. The van der Waals surface area contributed by atoms with Crippen LogP contribution in [0.3, 0.4) is 0 Å². The summed E-state index contributed by atoms with van der Waals surface area (Å²) in [6.07, 6.45) is -2.22. The predicted molar refractivity (Wildman–Crippen MR) is 148 cm³/mol. The minimum atomic E-state index is -1.80. The first-order valence-corrected chi connectivity index (χ1v) is 14.2. The molecule has 1 aromatic rings. The fourth-order valence-electron chi connectivity index (χ4n) is 5.02. The van der Waals surface area contributed by atoms with E-state index in [0.29, 0.717) is 24.2 Å². The Balaban J connectivity index is 1.91. The van der Waals surface area contributed by atoms with Crippen molar-refractivity contribution in [1.29, 1.82) is 0 Å². The van der Waals surface area contributed by atoms with E-state index in [9.17, 15) is 28.9 Å². The van der Waals surface area contributed by atoms with Gasteiger partial charge in [-0.25, -0.2) is 23.4 Å². The van der Waals surface area contributed by atoms with Gasteiger partial charge in [0.25, 0.3) is 5.69 Å². The number of amidine groups is 1. The molecule has 1 unspecified atom stereocenters. The van der Waals surface area contributed by atoms with Gasteiger partial charge < -0.3 is 19.1 Å². The van der Waals surface area contributed by atoms with Gasteiger partial charge in [0, 0.05) is 30.6 Å². The Kier molecular flexibility index (Phi) is 8.08. The van der Waals surface area contributed by atoms with E-state index >= 15 is 4.39 Å². The molecule has 1 aromatic carbocycles. The number of carbonyl (C=O) groups is 3. The Morgan fingerprint density at radius 1 is 1.10 bits per heavy atom. The van der Waals surface area contributed by atoms with Gasteiger partial charge >= 0.3 is 12.2 Å². The van der Waals surface area contributed by atoms with Gasteiger partial charge in [-0.1, -0.05) is 11.8 Å². The quantitative estimate of drug-likeness (QED) is 0.341. The molecule has 42 heavy (non-hydrogen) atoms. The molecule has 1 saturated carbocycles. The number of morpholine rings is 1. The van der Waals surface area contributed by atoms with Crippen LogP contribution in [-0.4, -0.2) is 80.2 Å². The summed E-state index contributed by atoms with van der Waals surface area (Å²) in [7, 11) is 0. The molecule has 0 radical (unpaired) electrons. The number of hydrogen-bond donors (Lipinski definition) is 0. The van der Waals surface area contributed by atoms with Crippen molar-refractivity contribution in [2.24, 2.45) is 10.9 Å². The first-order valence-electron chi connectivity index (χ1n) is 13.3. The third-order valence-corrected chi connectivity index (χ3v) is 8.41. The highest BCUT2D eigenvalue weighted by Crippen LogP contribution is 2.67. The minimum Gasteiger partial charge on any atom is -0.443 e. The molecule has 230 valence electrons. The van der Waals surface area contributed by atoms with Crippen LogP contribution in [0.2, 0.25) is 0 Å². The molecule has 2 heterocycles. The zero-order valence-corrected chi connectivity index (χ0v) is 25.3. The number of hydrogen-bond acceptors (Lipinski definition) is 10. The summed E-state index contributed by atoms with van der Waals surface area (Å²) in [6.45, 7) is 12.0. The molecule has 3 amide bonds. The molecule has 12 nitrogen and oxygen atoms in total. The van der Waals surface area contributed by atoms with Crippen molar-refractivity contribution in [2.45, 2.75) is 76.4 Å². The number of nitro groups is 1. The van der Waals surface area contributed by atoms with Crippen LogP contribution in [-0.2, 0) is 24.5 Å². The van der Waals surface area contributed by atoms with Crippen molar-refractivity contribution in [3.05, 3.63) is 39.4 Å². The molecule has 2 fully saturated rings. The lowest BCUT2D eigenvalue weighted by atomic mass is 9.85. The van der Waals surface area contributed by atoms with Gasteiger partial charge in [-0.05, 0) is 54.9 Å². The smallest absolute Gasteiger partial charge is 0.426 e. The number of ether oxygens (including phenoxy) is 3. The number of fused-ring (bicyclic) bond motifs is 1. The summed E-state index contributed by atoms with van der Waals surface area (Å²) in [5.41, 5.74) is -5.12. The van der Waals surface area contributed by atoms with E-state index in [-0.39, 0.29) is 30.6 Å². The zero-order chi connectivity index (χ0) is 31.4. The van der Waals surface area contributed by atoms with Crippen LogP contribution in [0.1, 0.15) is 60.5 Å². The van der Waals surface area contributed by atoms with Gasteiger partial charge in [0.2, 0.25) is 5.91 Å². The maximum Gasteiger partial charge on any atom is 0.426 e. The Morgan fingerprint density at radius 3 is 2.14 bits per heavy atom. The number of nitrogens with zero attached hydrogens (tertiary/aromatic N) is 4. The SMILES string of the molecule is CC(C)(C)OC(=O)N(C(=O)OC(C)(C)C)C1=N[C@](C)(c2cc([N+](=O)[O-])cc(F)c2F)C2C[C@]2(C(=O)N2CCOCC2)S1. The molecule has 0 bridgehead atoms. The highest BCUT2D eigenvalue weighted by molar-refractivity contribution is 8.16. The number of non-ortho nitro benzene ring substituents is 1. The fourth-order valence-corrected chi connectivity index (χ4v) is 6.66. The first kappa shape index (κ1) is 31.6. The average Bonchev–Trinajstić information content (AvgIpc) is 3.60. The number of rotatable bonds is 3. The minimum absolute atomic E-state index is 0.109. The van der Waals surface area contributed by atoms with Crippen molar-refractivity contribution in [1.82, 2.24) is 9.80 Å². The highest BCUT2D eigenvalue weighted by atomic mass is 32.2. The summed E-state index contributed by atoms with van der Waals surface area (Å²) in [6, 6.07) is 1.32. The third kappa shape index (κ3) is 6.07. The number of halogens is 2. The Morgan fingerprint density at radius 2 is 1.64 bits per heavy atom. The lowest BCUT2D eigenvalue weighted by Gasteiger charge is -2.39. The van der Waals surface area contributed by atoms with Gasteiger partial charge in [0.15, 0.2) is 16.8 Å². The van der Waals surface area contributed by atoms with Crippen LogP contribution in [0.4, 0.5) is 24.1 Å². The largest absolute Gasteiger partial charge is 0.443 e. The Hall–Kier alpha value is -3.33. The number of thioether (sulfide) groups is 1. The molecule has 2 aliphatic heterocycles. The second-order valence-electron chi connectivity index (χ2n) is 12.5. The molecular formula is C27H34F2N4O8S. The van der Waals surface area contributed by atoms with E-state index < -0.39 is 67.4 Å². The number of benzene rings is 1. The molecule has 3 aliphatic rings. The van der Waals surface area contributed by atoms with E-state index in [1.54, 1.807) is 46.4 Å². The second kappa shape index (κ2) is 10.7. The van der Waals surface area contributed by atoms with Crippen molar-refractivity contribution in [3.8, 4) is 0 Å². The molecule has 0 N–H and O–H groups in total. The molecule has 1 saturated heterocycles. The number of imide groups is 1. The Labute approximate surface area is 245 Å². The molecule has 1 aliphatic carbocycles. The van der Waals surface area contributed by atoms with Crippen LogP contribution in [0.15, 0.2) is 17.1 Å². The zero-order valence-electron chi connectivity index (χ0n) is 24.5. The van der Waals surface area contributed by atoms with E-state index in [1.807, 2.05) is 0 Å². The van der Waals surface area contributed by atoms with E-state index in [1.165, 1.54) is 6.92 Å². The van der Waals surface area contributed by atoms with Crippen molar-refractivity contribution in [2.75, 3.05) is 26.3 Å². The van der Waals surface area contributed by atoms with E-state index in [4.69, 9.17) is 14.2 Å². The van der Waals surface area contributed by atoms with Crippen LogP contribution in [0.5, 0.6) is 0 Å². The van der Waals surface area contributed by atoms with Gasteiger partial charge in [0.05, 0.1) is 29.7 Å². The third-order valence-electron chi connectivity index (χ3n) is 6.96. The predicted octanol–water partition coefficient (Wildman–Crippen LogP) is 4.98. The highest BCUT2D eigenvalue weighted by Gasteiger charge is 2.72. The number of amides is 3. The summed E-state index contributed by atoms with van der Waals surface area (Å²) >= 11 is 0.836. The second-order valence-corrected chi connectivity index (χ2v) is 13.8. The monoisotopic (exact) mass is 612 g/mol. The fraction of sp³-hybridized carbons (Fsp3) is 0.630. The van der Waals surface area contributed by atoms with E-state index in [0.717, 1.165) is 17.8 Å². The Bertz CT molecular complexity index is 1330. The standard InChI is InChI=1S/C27H34F2N4O8S/c1-24(2,3)40-22(35)32(23(36)41-25(4,5)6)21-30-26(7,16-12-15(33(37)38)13-17(28)19(16)29)18-14-27(18,42-21)20(34)31-8-10-39-11-9-31/h12-13,18H,8-11,14H2,1-7H3/t18?,26-,27+/m1/s1. The van der Waals surface area contributed by atoms with Crippen molar-refractivity contribution < 1.29 is 42.3 Å². The summed E-state index contributed by atoms with van der Waals surface area (Å²) in [5.74, 6) is -3.99. The maximum absolute atomic E-state index is 15.5. The van der Waals surface area contributed by atoms with E-state index in [2.05, 4.69) is 4.99 Å². The van der Waals surface area contributed by atoms with Crippen LogP contribution < -0.4 is 0 Å². The topological polar surface area (TPSA) is 141 Å². The molecule has 0 spiro atoms. The summed E-state index contributed by atoms with van der Waals surface area (Å²) < 4.78 is 45.1. The van der Waals surface area contributed by atoms with Crippen LogP contribution >= 0.6 is 11.8 Å².